The summed E-state index contributed by atoms with van der Waals surface area (Å²) in [5.41, 5.74) is 0.420. The van der Waals surface area contributed by atoms with E-state index in [-0.39, 0.29) is 5.60 Å². The summed E-state index contributed by atoms with van der Waals surface area (Å²) in [5.74, 6) is 0. The third-order valence-electron chi connectivity index (χ3n) is 2.94. The number of alkyl halides is 1. The van der Waals surface area contributed by atoms with Crippen molar-refractivity contribution in [3.05, 3.63) is 0 Å². The lowest BCUT2D eigenvalue weighted by atomic mass is 9.82. The Labute approximate surface area is 93.2 Å². The molecule has 1 rings (SSSR count). The normalized spacial score (nSPS) is 34.5. The molecule has 0 spiro atoms. The fourth-order valence-electron chi connectivity index (χ4n) is 1.88. The molecule has 0 aliphatic carbocycles. The van der Waals surface area contributed by atoms with Crippen molar-refractivity contribution < 1.29 is 4.74 Å². The minimum absolute atomic E-state index is 0.0257. The standard InChI is InChI=1S/C12H23ClO/c1-11(2,3)6-7-12(4)9-10(13)5-8-14-12/h10H,5-9H2,1-4H3. The van der Waals surface area contributed by atoms with Gasteiger partial charge in [0.25, 0.3) is 0 Å². The molecule has 1 nitrogen and oxygen atoms in total. The zero-order chi connectivity index (χ0) is 10.8. The van der Waals surface area contributed by atoms with Gasteiger partial charge in [0.05, 0.1) is 5.60 Å². The first-order valence-electron chi connectivity index (χ1n) is 5.59. The Kier molecular flexibility index (Phi) is 3.87. The highest BCUT2D eigenvalue weighted by Gasteiger charge is 2.33. The second kappa shape index (κ2) is 4.40. The quantitative estimate of drug-likeness (QED) is 0.637. The molecule has 1 aliphatic heterocycles. The highest BCUT2D eigenvalue weighted by molar-refractivity contribution is 6.20. The van der Waals surface area contributed by atoms with Crippen LogP contribution < -0.4 is 0 Å². The van der Waals surface area contributed by atoms with Crippen LogP contribution in [0.3, 0.4) is 0 Å². The third kappa shape index (κ3) is 4.18. The molecule has 1 fully saturated rings. The van der Waals surface area contributed by atoms with Gasteiger partial charge >= 0.3 is 0 Å². The van der Waals surface area contributed by atoms with Crippen LogP contribution in [0.2, 0.25) is 0 Å². The van der Waals surface area contributed by atoms with Crippen molar-refractivity contribution >= 4 is 11.6 Å². The predicted molar refractivity (Wildman–Crippen MR) is 61.9 cm³/mol. The van der Waals surface area contributed by atoms with Crippen molar-refractivity contribution in [2.24, 2.45) is 5.41 Å². The van der Waals surface area contributed by atoms with Crippen LogP contribution in [0, 0.1) is 5.41 Å². The number of hydrogen-bond acceptors (Lipinski definition) is 1. The van der Waals surface area contributed by atoms with E-state index in [2.05, 4.69) is 27.7 Å². The van der Waals surface area contributed by atoms with Gasteiger partial charge in [0.1, 0.15) is 0 Å². The Morgan fingerprint density at radius 1 is 1.43 bits per heavy atom. The molecule has 0 aromatic carbocycles. The SMILES string of the molecule is CC(C)(C)CCC1(C)CC(Cl)CCO1. The molecule has 0 aromatic rings. The summed E-state index contributed by atoms with van der Waals surface area (Å²) in [6, 6.07) is 0. The van der Waals surface area contributed by atoms with Gasteiger partial charge in [-0.25, -0.2) is 0 Å². The van der Waals surface area contributed by atoms with Crippen molar-refractivity contribution in [3.8, 4) is 0 Å². The van der Waals surface area contributed by atoms with Gasteiger partial charge in [0, 0.05) is 12.0 Å². The maximum absolute atomic E-state index is 6.17. The van der Waals surface area contributed by atoms with Gasteiger partial charge in [0.15, 0.2) is 0 Å². The molecule has 0 saturated carbocycles. The van der Waals surface area contributed by atoms with Crippen LogP contribution in [0.1, 0.15) is 53.4 Å². The number of halogens is 1. The Balaban J connectivity index is 2.41. The molecule has 0 radical (unpaired) electrons. The summed E-state index contributed by atoms with van der Waals surface area (Å²) in [6.45, 7) is 9.86. The van der Waals surface area contributed by atoms with E-state index in [4.69, 9.17) is 16.3 Å². The summed E-state index contributed by atoms with van der Waals surface area (Å²) >= 11 is 6.17. The molecule has 0 bridgehead atoms. The molecular formula is C12H23ClO. The van der Waals surface area contributed by atoms with Crippen LogP contribution in [-0.2, 0) is 4.74 Å². The topological polar surface area (TPSA) is 9.23 Å². The van der Waals surface area contributed by atoms with Gasteiger partial charge in [-0.1, -0.05) is 20.8 Å². The number of ether oxygens (including phenoxy) is 1. The first kappa shape index (κ1) is 12.3. The van der Waals surface area contributed by atoms with E-state index in [1.807, 2.05) is 0 Å². The average Bonchev–Trinajstić information content (AvgIpc) is 1.99. The molecule has 1 aliphatic rings. The maximum atomic E-state index is 6.17. The first-order valence-corrected chi connectivity index (χ1v) is 6.02. The zero-order valence-electron chi connectivity index (χ0n) is 9.90. The van der Waals surface area contributed by atoms with E-state index in [1.165, 1.54) is 6.42 Å². The smallest absolute Gasteiger partial charge is 0.0668 e. The molecule has 0 N–H and O–H groups in total. The summed E-state index contributed by atoms with van der Waals surface area (Å²) in [7, 11) is 0. The van der Waals surface area contributed by atoms with E-state index in [0.29, 0.717) is 10.8 Å². The lowest BCUT2D eigenvalue weighted by Gasteiger charge is -2.38. The van der Waals surface area contributed by atoms with Crippen molar-refractivity contribution in [3.63, 3.8) is 0 Å². The van der Waals surface area contributed by atoms with Gasteiger partial charge in [-0.05, 0) is 38.0 Å². The van der Waals surface area contributed by atoms with E-state index >= 15 is 0 Å². The fourth-order valence-corrected chi connectivity index (χ4v) is 2.29. The van der Waals surface area contributed by atoms with Crippen LogP contribution in [0.25, 0.3) is 0 Å². The van der Waals surface area contributed by atoms with Crippen molar-refractivity contribution in [2.75, 3.05) is 6.61 Å². The second-order valence-electron chi connectivity index (χ2n) is 5.95. The Bertz CT molecular complexity index is 185. The molecule has 1 heterocycles. The number of hydrogen-bond donors (Lipinski definition) is 0. The van der Waals surface area contributed by atoms with Crippen molar-refractivity contribution in [1.82, 2.24) is 0 Å². The van der Waals surface area contributed by atoms with Crippen molar-refractivity contribution in [2.45, 2.75) is 64.4 Å². The second-order valence-corrected chi connectivity index (χ2v) is 6.57. The maximum Gasteiger partial charge on any atom is 0.0668 e. The lowest BCUT2D eigenvalue weighted by Crippen LogP contribution is -2.38. The predicted octanol–water partition coefficient (Wildman–Crippen LogP) is 3.99. The summed E-state index contributed by atoms with van der Waals surface area (Å²) in [5, 5.41) is 0.314. The van der Waals surface area contributed by atoms with Crippen LogP contribution >= 0.6 is 11.6 Å². The third-order valence-corrected chi connectivity index (χ3v) is 3.31. The van der Waals surface area contributed by atoms with E-state index < -0.39 is 0 Å². The van der Waals surface area contributed by atoms with Gasteiger partial charge < -0.3 is 4.74 Å². The largest absolute Gasteiger partial charge is 0.375 e. The van der Waals surface area contributed by atoms with E-state index in [1.54, 1.807) is 0 Å². The zero-order valence-corrected chi connectivity index (χ0v) is 10.7. The molecule has 14 heavy (non-hydrogen) atoms. The Morgan fingerprint density at radius 3 is 2.57 bits per heavy atom. The molecule has 2 heteroatoms. The minimum atomic E-state index is 0.0257. The fraction of sp³-hybridized carbons (Fsp3) is 1.00. The van der Waals surface area contributed by atoms with Gasteiger partial charge in [-0.15, -0.1) is 11.6 Å². The Hall–Kier alpha value is 0.250. The molecule has 84 valence electrons. The number of rotatable bonds is 2. The molecule has 0 amide bonds. The van der Waals surface area contributed by atoms with Crippen LogP contribution in [0.5, 0.6) is 0 Å². The van der Waals surface area contributed by atoms with Gasteiger partial charge in [-0.3, -0.25) is 0 Å². The summed E-state index contributed by atoms with van der Waals surface area (Å²) in [4.78, 5) is 0. The summed E-state index contributed by atoms with van der Waals surface area (Å²) in [6.07, 6.45) is 4.34. The van der Waals surface area contributed by atoms with E-state index in [0.717, 1.165) is 25.9 Å². The minimum Gasteiger partial charge on any atom is -0.375 e. The summed E-state index contributed by atoms with van der Waals surface area (Å²) < 4.78 is 5.85. The molecule has 2 atom stereocenters. The van der Waals surface area contributed by atoms with Gasteiger partial charge in [-0.2, -0.15) is 0 Å². The van der Waals surface area contributed by atoms with Crippen molar-refractivity contribution in [1.29, 1.82) is 0 Å². The monoisotopic (exact) mass is 218 g/mol. The van der Waals surface area contributed by atoms with Gasteiger partial charge in [0.2, 0.25) is 0 Å². The molecular weight excluding hydrogens is 196 g/mol. The average molecular weight is 219 g/mol. The lowest BCUT2D eigenvalue weighted by molar-refractivity contribution is -0.0734. The highest BCUT2D eigenvalue weighted by atomic mass is 35.5. The Morgan fingerprint density at radius 2 is 2.07 bits per heavy atom. The first-order chi connectivity index (χ1) is 6.31. The van der Waals surface area contributed by atoms with E-state index in [9.17, 15) is 0 Å². The molecule has 0 aromatic heterocycles. The van der Waals surface area contributed by atoms with Crippen LogP contribution in [-0.4, -0.2) is 17.6 Å². The highest BCUT2D eigenvalue weighted by Crippen LogP contribution is 2.35. The van der Waals surface area contributed by atoms with Crippen LogP contribution in [0.4, 0.5) is 0 Å². The molecule has 2 unspecified atom stereocenters. The molecule has 1 saturated heterocycles. The van der Waals surface area contributed by atoms with Crippen LogP contribution in [0.15, 0.2) is 0 Å².